The van der Waals surface area contributed by atoms with E-state index in [9.17, 15) is 0 Å². The average molecular weight is 187 g/mol. The first kappa shape index (κ1) is 7.19. The van der Waals surface area contributed by atoms with Gasteiger partial charge in [0.05, 0.1) is 6.26 Å². The van der Waals surface area contributed by atoms with Crippen molar-refractivity contribution >= 4 is 5.65 Å². The molecule has 0 bridgehead atoms. The lowest BCUT2D eigenvalue weighted by atomic mass is 10.3. The van der Waals surface area contributed by atoms with Crippen molar-refractivity contribution in [2.75, 3.05) is 0 Å². The van der Waals surface area contributed by atoms with E-state index in [4.69, 9.17) is 4.42 Å². The molecule has 14 heavy (non-hydrogen) atoms. The van der Waals surface area contributed by atoms with Crippen molar-refractivity contribution in [3.05, 3.63) is 31.1 Å². The number of hydrogen-bond acceptors (Lipinski definition) is 5. The Kier molecular flexibility index (Phi) is 1.35. The highest BCUT2D eigenvalue weighted by Gasteiger charge is 2.11. The maximum atomic E-state index is 5.21. The Bertz CT molecular complexity index is 556. The van der Waals surface area contributed by atoms with Gasteiger partial charge in [-0.1, -0.05) is 5.21 Å². The number of hydrogen-bond donors (Lipinski definition) is 0. The van der Waals surface area contributed by atoms with Crippen LogP contribution in [0.25, 0.3) is 17.1 Å². The summed E-state index contributed by atoms with van der Waals surface area (Å²) in [6.07, 6.45) is 4.58. The van der Waals surface area contributed by atoms with E-state index in [0.717, 1.165) is 0 Å². The Morgan fingerprint density at radius 2 is 2.36 bits per heavy atom. The molecule has 3 aromatic rings. The molecule has 3 rings (SSSR count). The summed E-state index contributed by atoms with van der Waals surface area (Å²) in [4.78, 5) is 7.89. The summed E-state index contributed by atoms with van der Waals surface area (Å²) in [5.41, 5.74) is 1.26. The second kappa shape index (κ2) is 2.63. The molecule has 0 spiro atoms. The minimum Gasteiger partial charge on any atom is -0.463 e. The van der Waals surface area contributed by atoms with Gasteiger partial charge in [-0.05, 0) is 12.1 Å². The molecule has 6 nitrogen and oxygen atoms in total. The first-order chi connectivity index (χ1) is 6.95. The zero-order valence-electron chi connectivity index (χ0n) is 7.03. The monoisotopic (exact) mass is 187 g/mol. The largest absolute Gasteiger partial charge is 0.463 e. The predicted molar refractivity (Wildman–Crippen MR) is 46.3 cm³/mol. The minimum atomic E-state index is 0.623. The summed E-state index contributed by atoms with van der Waals surface area (Å²) in [6, 6.07) is 3.60. The van der Waals surface area contributed by atoms with Crippen molar-refractivity contribution in [1.82, 2.24) is 24.8 Å². The van der Waals surface area contributed by atoms with Gasteiger partial charge in [0, 0.05) is 0 Å². The van der Waals surface area contributed by atoms with E-state index in [2.05, 4.69) is 20.3 Å². The van der Waals surface area contributed by atoms with Crippen molar-refractivity contribution in [2.24, 2.45) is 0 Å². The molecule has 0 amide bonds. The molecular formula is C8H5N5O. The van der Waals surface area contributed by atoms with Gasteiger partial charge < -0.3 is 4.42 Å². The van der Waals surface area contributed by atoms with Gasteiger partial charge in [0.15, 0.2) is 17.1 Å². The van der Waals surface area contributed by atoms with E-state index in [0.29, 0.717) is 17.1 Å². The zero-order valence-corrected chi connectivity index (χ0v) is 7.03. The third kappa shape index (κ3) is 0.905. The highest BCUT2D eigenvalue weighted by Crippen LogP contribution is 2.19. The fourth-order valence-electron chi connectivity index (χ4n) is 1.24. The zero-order chi connectivity index (χ0) is 9.38. The van der Waals surface area contributed by atoms with Crippen molar-refractivity contribution in [3.63, 3.8) is 0 Å². The maximum Gasteiger partial charge on any atom is 0.190 e. The second-order valence-corrected chi connectivity index (χ2v) is 2.69. The molecule has 0 aliphatic heterocycles. The van der Waals surface area contributed by atoms with E-state index >= 15 is 0 Å². The predicted octanol–water partition coefficient (Wildman–Crippen LogP) is 0.779. The van der Waals surface area contributed by atoms with E-state index in [1.54, 1.807) is 18.7 Å². The Balaban J connectivity index is 2.33. The van der Waals surface area contributed by atoms with Gasteiger partial charge in [-0.15, -0.1) is 5.10 Å². The summed E-state index contributed by atoms with van der Waals surface area (Å²) in [7, 11) is 0. The SMILES string of the molecule is c1coc(-c2nnn3cncnc23)c1. The molecule has 0 N–H and O–H groups in total. The lowest BCUT2D eigenvalue weighted by Crippen LogP contribution is -1.90. The summed E-state index contributed by atoms with van der Waals surface area (Å²) < 4.78 is 6.71. The molecule has 6 heteroatoms. The van der Waals surface area contributed by atoms with Crippen LogP contribution >= 0.6 is 0 Å². The van der Waals surface area contributed by atoms with Gasteiger partial charge in [-0.2, -0.15) is 4.52 Å². The summed E-state index contributed by atoms with van der Waals surface area (Å²) >= 11 is 0. The molecule has 0 aliphatic rings. The van der Waals surface area contributed by atoms with Gasteiger partial charge in [0.25, 0.3) is 0 Å². The van der Waals surface area contributed by atoms with Gasteiger partial charge in [-0.25, -0.2) is 9.97 Å². The molecule has 68 valence electrons. The molecule has 0 radical (unpaired) electrons. The summed E-state index contributed by atoms with van der Waals surface area (Å²) in [6.45, 7) is 0. The lowest BCUT2D eigenvalue weighted by molar-refractivity contribution is 0.580. The van der Waals surface area contributed by atoms with Crippen LogP contribution in [0.1, 0.15) is 0 Å². The van der Waals surface area contributed by atoms with E-state index in [1.165, 1.54) is 10.8 Å². The molecule has 0 saturated carbocycles. The van der Waals surface area contributed by atoms with Crippen LogP contribution in [0.4, 0.5) is 0 Å². The standard InChI is InChI=1S/C8H5N5O/c1-2-6(14-3-1)7-8-10-4-9-5-13(8)12-11-7/h1-5H. The van der Waals surface area contributed by atoms with E-state index in [1.807, 2.05) is 6.07 Å². The number of nitrogens with zero attached hydrogens (tertiary/aromatic N) is 5. The molecule has 0 fully saturated rings. The number of fused-ring (bicyclic) bond motifs is 1. The smallest absolute Gasteiger partial charge is 0.190 e. The molecule has 0 saturated heterocycles. The van der Waals surface area contributed by atoms with Gasteiger partial charge in [0.2, 0.25) is 0 Å². The Morgan fingerprint density at radius 1 is 1.36 bits per heavy atom. The minimum absolute atomic E-state index is 0.623. The van der Waals surface area contributed by atoms with Crippen molar-refractivity contribution in [3.8, 4) is 11.5 Å². The topological polar surface area (TPSA) is 69.1 Å². The molecule has 3 aromatic heterocycles. The van der Waals surface area contributed by atoms with Crippen molar-refractivity contribution < 1.29 is 4.42 Å². The third-order valence-electron chi connectivity index (χ3n) is 1.85. The van der Waals surface area contributed by atoms with Crippen LogP contribution in [0.3, 0.4) is 0 Å². The summed E-state index contributed by atoms with van der Waals surface area (Å²) in [5, 5.41) is 7.81. The molecule has 0 atom stereocenters. The van der Waals surface area contributed by atoms with Crippen LogP contribution in [-0.2, 0) is 0 Å². The third-order valence-corrected chi connectivity index (χ3v) is 1.85. The molecule has 3 heterocycles. The number of furan rings is 1. The van der Waals surface area contributed by atoms with Gasteiger partial charge >= 0.3 is 0 Å². The van der Waals surface area contributed by atoms with Crippen molar-refractivity contribution in [2.45, 2.75) is 0 Å². The molecular weight excluding hydrogens is 182 g/mol. The Morgan fingerprint density at radius 3 is 3.21 bits per heavy atom. The fraction of sp³-hybridized carbons (Fsp3) is 0. The van der Waals surface area contributed by atoms with Crippen LogP contribution in [-0.4, -0.2) is 24.8 Å². The van der Waals surface area contributed by atoms with Crippen LogP contribution in [0.15, 0.2) is 35.5 Å². The number of aromatic nitrogens is 5. The van der Waals surface area contributed by atoms with Crippen molar-refractivity contribution in [1.29, 1.82) is 0 Å². The summed E-state index contributed by atoms with van der Waals surface area (Å²) in [5.74, 6) is 0.652. The van der Waals surface area contributed by atoms with Gasteiger partial charge in [-0.3, -0.25) is 0 Å². The fourth-order valence-corrected chi connectivity index (χ4v) is 1.24. The number of rotatable bonds is 1. The second-order valence-electron chi connectivity index (χ2n) is 2.69. The van der Waals surface area contributed by atoms with Gasteiger partial charge in [0.1, 0.15) is 12.7 Å². The highest BCUT2D eigenvalue weighted by atomic mass is 16.3. The van der Waals surface area contributed by atoms with E-state index < -0.39 is 0 Å². The van der Waals surface area contributed by atoms with Crippen LogP contribution in [0.5, 0.6) is 0 Å². The average Bonchev–Trinajstić information content (AvgIpc) is 2.85. The van der Waals surface area contributed by atoms with Crippen LogP contribution in [0.2, 0.25) is 0 Å². The van der Waals surface area contributed by atoms with Crippen LogP contribution in [0, 0.1) is 0 Å². The Hall–Kier alpha value is -2.24. The Labute approximate surface area is 78.2 Å². The van der Waals surface area contributed by atoms with E-state index in [-0.39, 0.29) is 0 Å². The quantitative estimate of drug-likeness (QED) is 0.563. The molecule has 0 unspecified atom stereocenters. The highest BCUT2D eigenvalue weighted by molar-refractivity contribution is 5.68. The first-order valence-electron chi connectivity index (χ1n) is 4.00. The molecule has 0 aliphatic carbocycles. The maximum absolute atomic E-state index is 5.21. The first-order valence-corrected chi connectivity index (χ1v) is 4.00. The molecule has 0 aromatic carbocycles. The lowest BCUT2D eigenvalue weighted by Gasteiger charge is -1.89. The normalized spacial score (nSPS) is 10.9. The van der Waals surface area contributed by atoms with Crippen LogP contribution < -0.4 is 0 Å².